The van der Waals surface area contributed by atoms with Crippen LogP contribution in [0.4, 0.5) is 11.4 Å². The largest absolute Gasteiger partial charge is 0.491 e. The Balaban J connectivity index is 1.99. The molecule has 1 unspecified atom stereocenters. The van der Waals surface area contributed by atoms with Gasteiger partial charge in [-0.1, -0.05) is 6.92 Å². The van der Waals surface area contributed by atoms with Gasteiger partial charge in [-0.25, -0.2) is 0 Å². The second kappa shape index (κ2) is 6.66. The highest BCUT2D eigenvalue weighted by atomic mass is 16.5. The molecule has 0 bridgehead atoms. The third-order valence-corrected chi connectivity index (χ3v) is 3.47. The van der Waals surface area contributed by atoms with Crippen LogP contribution in [0.3, 0.4) is 0 Å². The van der Waals surface area contributed by atoms with Crippen molar-refractivity contribution >= 4 is 11.4 Å². The number of hydrogen-bond donors (Lipinski definition) is 2. The summed E-state index contributed by atoms with van der Waals surface area (Å²) in [6.45, 7) is 5.09. The van der Waals surface area contributed by atoms with Crippen molar-refractivity contribution in [3.63, 3.8) is 0 Å². The Bertz CT molecular complexity index is 408. The highest BCUT2D eigenvalue weighted by Crippen LogP contribution is 2.26. The molecular formula is C15H25N3O. The van der Waals surface area contributed by atoms with E-state index in [4.69, 9.17) is 10.5 Å². The molecule has 0 aliphatic carbocycles. The van der Waals surface area contributed by atoms with Crippen LogP contribution in [0.2, 0.25) is 0 Å². The normalized spacial score (nSPS) is 20.2. The first-order valence-electron chi connectivity index (χ1n) is 7.16. The minimum Gasteiger partial charge on any atom is -0.491 e. The van der Waals surface area contributed by atoms with Gasteiger partial charge in [0.1, 0.15) is 5.75 Å². The maximum atomic E-state index is 5.92. The number of hydrogen-bond acceptors (Lipinski definition) is 4. The van der Waals surface area contributed by atoms with Gasteiger partial charge in [0, 0.05) is 24.3 Å². The molecule has 0 aromatic heterocycles. The van der Waals surface area contributed by atoms with Crippen molar-refractivity contribution in [1.29, 1.82) is 0 Å². The van der Waals surface area contributed by atoms with Crippen LogP contribution in [-0.2, 0) is 0 Å². The van der Waals surface area contributed by atoms with Gasteiger partial charge in [0.2, 0.25) is 0 Å². The number of likely N-dealkylation sites (tertiary alicyclic amines) is 1. The lowest BCUT2D eigenvalue weighted by Gasteiger charge is -2.31. The van der Waals surface area contributed by atoms with Crippen molar-refractivity contribution in [2.24, 2.45) is 0 Å². The Morgan fingerprint density at radius 1 is 1.47 bits per heavy atom. The molecule has 1 aromatic carbocycles. The molecule has 1 aliphatic heterocycles. The van der Waals surface area contributed by atoms with E-state index in [0.717, 1.165) is 24.4 Å². The first-order valence-corrected chi connectivity index (χ1v) is 7.16. The monoisotopic (exact) mass is 263 g/mol. The van der Waals surface area contributed by atoms with Crippen LogP contribution in [-0.4, -0.2) is 37.7 Å². The van der Waals surface area contributed by atoms with Crippen LogP contribution >= 0.6 is 0 Å². The number of piperidine rings is 1. The molecule has 106 valence electrons. The topological polar surface area (TPSA) is 50.5 Å². The first-order chi connectivity index (χ1) is 9.19. The average molecular weight is 263 g/mol. The molecule has 0 saturated carbocycles. The Hall–Kier alpha value is -1.42. The lowest BCUT2D eigenvalue weighted by Crippen LogP contribution is -2.39. The van der Waals surface area contributed by atoms with E-state index >= 15 is 0 Å². The van der Waals surface area contributed by atoms with Gasteiger partial charge in [0.25, 0.3) is 0 Å². The van der Waals surface area contributed by atoms with Crippen LogP contribution in [0.5, 0.6) is 5.75 Å². The number of ether oxygens (including phenoxy) is 1. The predicted octanol–water partition coefficient (Wildman–Crippen LogP) is 2.56. The van der Waals surface area contributed by atoms with Crippen LogP contribution in [0.1, 0.15) is 26.2 Å². The number of anilines is 2. The minimum absolute atomic E-state index is 0.515. The van der Waals surface area contributed by atoms with Gasteiger partial charge in [0.15, 0.2) is 0 Å². The van der Waals surface area contributed by atoms with Crippen LogP contribution in [0.15, 0.2) is 18.2 Å². The Labute approximate surface area is 115 Å². The fourth-order valence-corrected chi connectivity index (χ4v) is 2.48. The van der Waals surface area contributed by atoms with E-state index in [9.17, 15) is 0 Å². The number of likely N-dealkylation sites (N-methyl/N-ethyl adjacent to an activating group) is 1. The molecule has 0 spiro atoms. The zero-order chi connectivity index (χ0) is 13.7. The summed E-state index contributed by atoms with van der Waals surface area (Å²) in [5, 5.41) is 3.58. The predicted molar refractivity (Wildman–Crippen MR) is 80.8 cm³/mol. The molecule has 1 heterocycles. The summed E-state index contributed by atoms with van der Waals surface area (Å²) in [5.41, 5.74) is 7.73. The Morgan fingerprint density at radius 3 is 3.05 bits per heavy atom. The summed E-state index contributed by atoms with van der Waals surface area (Å²) in [7, 11) is 2.17. The first kappa shape index (κ1) is 14.0. The maximum Gasteiger partial charge on any atom is 0.144 e. The van der Waals surface area contributed by atoms with Gasteiger partial charge in [-0.15, -0.1) is 0 Å². The molecule has 3 N–H and O–H groups in total. The fraction of sp³-hybridized carbons (Fsp3) is 0.600. The molecule has 2 rings (SSSR count). The minimum atomic E-state index is 0.515. The lowest BCUT2D eigenvalue weighted by atomic mass is 10.1. The maximum absolute atomic E-state index is 5.92. The van der Waals surface area contributed by atoms with E-state index in [-0.39, 0.29) is 0 Å². The molecule has 0 radical (unpaired) electrons. The molecule has 1 aliphatic rings. The molecule has 1 atom stereocenters. The van der Waals surface area contributed by atoms with E-state index in [1.807, 2.05) is 18.2 Å². The molecule has 1 aromatic rings. The summed E-state index contributed by atoms with van der Waals surface area (Å²) in [6.07, 6.45) is 3.46. The number of benzene rings is 1. The molecule has 0 amide bonds. The van der Waals surface area contributed by atoms with Gasteiger partial charge in [-0.2, -0.15) is 0 Å². The van der Waals surface area contributed by atoms with E-state index in [1.165, 1.54) is 19.4 Å². The van der Waals surface area contributed by atoms with Gasteiger partial charge in [-0.05, 0) is 45.0 Å². The standard InChI is InChI=1S/C15H25N3O/c1-3-9-19-15-10-12(6-7-14(15)16)17-13-5-4-8-18(2)11-13/h6-7,10,13,17H,3-5,8-9,11,16H2,1-2H3. The molecule has 4 nitrogen and oxygen atoms in total. The van der Waals surface area contributed by atoms with E-state index in [1.54, 1.807) is 0 Å². The van der Waals surface area contributed by atoms with Gasteiger partial charge in [0.05, 0.1) is 12.3 Å². The summed E-state index contributed by atoms with van der Waals surface area (Å²) in [4.78, 5) is 2.37. The molecule has 1 fully saturated rings. The highest BCUT2D eigenvalue weighted by molar-refractivity contribution is 5.61. The number of nitrogens with two attached hydrogens (primary N) is 1. The Kier molecular flexibility index (Phi) is 4.91. The van der Waals surface area contributed by atoms with Gasteiger partial charge in [-0.3, -0.25) is 0 Å². The average Bonchev–Trinajstić information content (AvgIpc) is 2.39. The third-order valence-electron chi connectivity index (χ3n) is 3.47. The zero-order valence-electron chi connectivity index (χ0n) is 12.0. The number of nitrogens with one attached hydrogen (secondary N) is 1. The highest BCUT2D eigenvalue weighted by Gasteiger charge is 2.17. The zero-order valence-corrected chi connectivity index (χ0v) is 12.0. The fourth-order valence-electron chi connectivity index (χ4n) is 2.48. The van der Waals surface area contributed by atoms with Crippen molar-refractivity contribution in [3.05, 3.63) is 18.2 Å². The second-order valence-electron chi connectivity index (χ2n) is 5.35. The van der Waals surface area contributed by atoms with Gasteiger partial charge >= 0.3 is 0 Å². The second-order valence-corrected chi connectivity index (χ2v) is 5.35. The number of rotatable bonds is 5. The Morgan fingerprint density at radius 2 is 2.32 bits per heavy atom. The van der Waals surface area contributed by atoms with Crippen LogP contribution < -0.4 is 15.8 Å². The van der Waals surface area contributed by atoms with E-state index in [2.05, 4.69) is 24.2 Å². The molecular weight excluding hydrogens is 238 g/mol. The van der Waals surface area contributed by atoms with Crippen molar-refractivity contribution in [2.75, 3.05) is 37.8 Å². The molecule has 4 heteroatoms. The smallest absolute Gasteiger partial charge is 0.144 e. The van der Waals surface area contributed by atoms with Gasteiger partial charge < -0.3 is 20.7 Å². The molecule has 19 heavy (non-hydrogen) atoms. The van der Waals surface area contributed by atoms with Crippen LogP contribution in [0, 0.1) is 0 Å². The SMILES string of the molecule is CCCOc1cc(NC2CCCN(C)C2)ccc1N. The van der Waals surface area contributed by atoms with E-state index in [0.29, 0.717) is 18.3 Å². The summed E-state index contributed by atoms with van der Waals surface area (Å²) in [6, 6.07) is 6.48. The number of nitrogens with zero attached hydrogens (tertiary/aromatic N) is 1. The summed E-state index contributed by atoms with van der Waals surface area (Å²) >= 11 is 0. The van der Waals surface area contributed by atoms with Crippen molar-refractivity contribution in [2.45, 2.75) is 32.2 Å². The summed E-state index contributed by atoms with van der Waals surface area (Å²) < 4.78 is 5.66. The third kappa shape index (κ3) is 4.03. The quantitative estimate of drug-likeness (QED) is 0.802. The van der Waals surface area contributed by atoms with Crippen molar-refractivity contribution in [3.8, 4) is 5.75 Å². The summed E-state index contributed by atoms with van der Waals surface area (Å²) in [5.74, 6) is 0.788. The van der Waals surface area contributed by atoms with E-state index < -0.39 is 0 Å². The van der Waals surface area contributed by atoms with Crippen molar-refractivity contribution < 1.29 is 4.74 Å². The number of nitrogen functional groups attached to an aromatic ring is 1. The molecule has 1 saturated heterocycles. The van der Waals surface area contributed by atoms with Crippen molar-refractivity contribution in [1.82, 2.24) is 4.90 Å². The van der Waals surface area contributed by atoms with Crippen LogP contribution in [0.25, 0.3) is 0 Å². The lowest BCUT2D eigenvalue weighted by molar-refractivity contribution is 0.261.